The molecular weight excluding hydrogens is 331 g/mol. The van der Waals surface area contributed by atoms with E-state index in [1.807, 2.05) is 19.9 Å². The van der Waals surface area contributed by atoms with Crippen molar-refractivity contribution in [3.05, 3.63) is 57.1 Å². The van der Waals surface area contributed by atoms with Gasteiger partial charge >= 0.3 is 0 Å². The van der Waals surface area contributed by atoms with Crippen molar-refractivity contribution in [2.45, 2.75) is 46.5 Å². The Kier molecular flexibility index (Phi) is 7.74. The third-order valence-electron chi connectivity index (χ3n) is 3.87. The summed E-state index contributed by atoms with van der Waals surface area (Å²) in [4.78, 5) is 0. The lowest BCUT2D eigenvalue weighted by Gasteiger charge is -2.15. The molecule has 0 spiro atoms. The lowest BCUT2D eigenvalue weighted by atomic mass is 9.92. The molecule has 0 saturated carbocycles. The zero-order valence-corrected chi connectivity index (χ0v) is 15.5. The van der Waals surface area contributed by atoms with E-state index in [0.29, 0.717) is 16.7 Å². The number of hydrogen-bond acceptors (Lipinski definition) is 2. The van der Waals surface area contributed by atoms with Crippen molar-refractivity contribution in [1.29, 1.82) is 0 Å². The van der Waals surface area contributed by atoms with Crippen LogP contribution >= 0.6 is 23.2 Å². The van der Waals surface area contributed by atoms with Gasteiger partial charge in [-0.05, 0) is 79.6 Å². The number of phenolic OH excluding ortho intramolecular Hbond substituents is 2. The van der Waals surface area contributed by atoms with Gasteiger partial charge in [-0.15, -0.1) is 0 Å². The Balaban J connectivity index is 0.000000253. The van der Waals surface area contributed by atoms with Crippen LogP contribution in [0.2, 0.25) is 10.0 Å². The number of phenols is 2. The average Bonchev–Trinajstić information content (AvgIpc) is 2.50. The first-order chi connectivity index (χ1) is 10.8. The normalized spacial score (nSPS) is 10.4. The molecule has 0 radical (unpaired) electrons. The first-order valence-electron chi connectivity index (χ1n) is 7.74. The summed E-state index contributed by atoms with van der Waals surface area (Å²) in [6.07, 6.45) is 2.06. The second kappa shape index (κ2) is 9.05. The summed E-state index contributed by atoms with van der Waals surface area (Å²) in [7, 11) is 0. The third-order valence-corrected chi connectivity index (χ3v) is 4.71. The van der Waals surface area contributed by atoms with Crippen molar-refractivity contribution < 1.29 is 10.2 Å². The quantitative estimate of drug-likeness (QED) is 0.650. The Hall–Kier alpha value is -1.38. The average molecular weight is 355 g/mol. The van der Waals surface area contributed by atoms with Crippen LogP contribution in [0.1, 0.15) is 49.3 Å². The van der Waals surface area contributed by atoms with Gasteiger partial charge in [0.05, 0.1) is 0 Å². The highest BCUT2D eigenvalue weighted by Crippen LogP contribution is 2.34. The maximum Gasteiger partial charge on any atom is 0.119 e. The van der Waals surface area contributed by atoms with Gasteiger partial charge in [-0.1, -0.05) is 37.0 Å². The van der Waals surface area contributed by atoms with Crippen LogP contribution in [0.4, 0.5) is 0 Å². The minimum absolute atomic E-state index is 0.261. The van der Waals surface area contributed by atoms with Crippen molar-refractivity contribution in [2.24, 2.45) is 0 Å². The smallest absolute Gasteiger partial charge is 0.119 e. The van der Waals surface area contributed by atoms with Crippen molar-refractivity contribution in [1.82, 2.24) is 0 Å². The Bertz CT molecular complexity index is 650. The summed E-state index contributed by atoms with van der Waals surface area (Å²) in [5.74, 6) is 1.05. The van der Waals surface area contributed by atoms with E-state index >= 15 is 0 Å². The molecule has 0 aromatic heterocycles. The zero-order valence-electron chi connectivity index (χ0n) is 14.0. The third kappa shape index (κ3) is 5.63. The van der Waals surface area contributed by atoms with Gasteiger partial charge in [-0.3, -0.25) is 0 Å². The molecule has 4 heteroatoms. The summed E-state index contributed by atoms with van der Waals surface area (Å²) in [6.45, 7) is 8.00. The maximum atomic E-state index is 9.79. The highest BCUT2D eigenvalue weighted by Gasteiger charge is 2.13. The molecule has 0 heterocycles. The van der Waals surface area contributed by atoms with Gasteiger partial charge in [-0.2, -0.15) is 0 Å². The van der Waals surface area contributed by atoms with Crippen LogP contribution in [0, 0.1) is 13.8 Å². The molecule has 0 aliphatic rings. The minimum atomic E-state index is 0.261. The molecule has 0 bridgehead atoms. The molecule has 0 aliphatic heterocycles. The molecule has 2 rings (SSSR count). The predicted octanol–water partition coefficient (Wildman–Crippen LogP) is 6.61. The maximum absolute atomic E-state index is 9.79. The van der Waals surface area contributed by atoms with Crippen LogP contribution in [0.15, 0.2) is 30.3 Å². The fourth-order valence-corrected chi connectivity index (χ4v) is 2.66. The second-order valence-electron chi connectivity index (χ2n) is 5.61. The van der Waals surface area contributed by atoms with Crippen LogP contribution in [0.3, 0.4) is 0 Å². The van der Waals surface area contributed by atoms with Crippen molar-refractivity contribution >= 4 is 23.2 Å². The zero-order chi connectivity index (χ0) is 17.6. The molecule has 0 amide bonds. The van der Waals surface area contributed by atoms with E-state index in [1.54, 1.807) is 24.3 Å². The Morgan fingerprint density at radius 1 is 0.870 bits per heavy atom. The van der Waals surface area contributed by atoms with Gasteiger partial charge in [0.25, 0.3) is 0 Å². The highest BCUT2D eigenvalue weighted by atomic mass is 35.5. The van der Waals surface area contributed by atoms with Gasteiger partial charge in [0.15, 0.2) is 0 Å². The van der Waals surface area contributed by atoms with Crippen LogP contribution in [0.5, 0.6) is 11.5 Å². The first kappa shape index (κ1) is 19.7. The fraction of sp³-hybridized carbons (Fsp3) is 0.368. The second-order valence-corrected chi connectivity index (χ2v) is 6.42. The number of aromatic hydroxyl groups is 2. The van der Waals surface area contributed by atoms with Gasteiger partial charge in [0.2, 0.25) is 0 Å². The Labute approximate surface area is 148 Å². The summed E-state index contributed by atoms with van der Waals surface area (Å²) in [6, 6.07) is 8.50. The van der Waals surface area contributed by atoms with E-state index in [4.69, 9.17) is 28.3 Å². The van der Waals surface area contributed by atoms with Crippen LogP contribution < -0.4 is 0 Å². The summed E-state index contributed by atoms with van der Waals surface area (Å²) in [5.41, 5.74) is 2.81. The van der Waals surface area contributed by atoms with Crippen LogP contribution in [-0.4, -0.2) is 10.2 Å². The van der Waals surface area contributed by atoms with Gasteiger partial charge in [-0.25, -0.2) is 0 Å². The lowest BCUT2D eigenvalue weighted by Crippen LogP contribution is -1.96. The summed E-state index contributed by atoms with van der Waals surface area (Å²) >= 11 is 11.7. The van der Waals surface area contributed by atoms with E-state index in [1.165, 1.54) is 0 Å². The Morgan fingerprint density at radius 3 is 1.91 bits per heavy atom. The van der Waals surface area contributed by atoms with Crippen LogP contribution in [-0.2, 0) is 0 Å². The monoisotopic (exact) mass is 354 g/mol. The molecule has 0 unspecified atom stereocenters. The molecule has 2 N–H and O–H groups in total. The van der Waals surface area contributed by atoms with Crippen molar-refractivity contribution in [3.63, 3.8) is 0 Å². The number of aryl methyl sites for hydroxylation is 2. The topological polar surface area (TPSA) is 40.5 Å². The fourth-order valence-electron chi connectivity index (χ4n) is 2.37. The van der Waals surface area contributed by atoms with E-state index in [2.05, 4.69) is 13.8 Å². The SMILES string of the molecule is CCC(CC)c1cc(Cl)c(C)cc1O.Cc1cc(O)ccc1Cl. The molecular formula is C19H24Cl2O2. The molecule has 2 aromatic rings. The Morgan fingerprint density at radius 2 is 1.43 bits per heavy atom. The molecule has 23 heavy (non-hydrogen) atoms. The molecule has 126 valence electrons. The molecule has 2 nitrogen and oxygen atoms in total. The van der Waals surface area contributed by atoms with Gasteiger partial charge in [0, 0.05) is 10.0 Å². The number of rotatable bonds is 3. The molecule has 0 saturated heterocycles. The number of benzene rings is 2. The van der Waals surface area contributed by atoms with Gasteiger partial charge < -0.3 is 10.2 Å². The van der Waals surface area contributed by atoms with E-state index < -0.39 is 0 Å². The molecule has 0 fully saturated rings. The van der Waals surface area contributed by atoms with Crippen molar-refractivity contribution in [3.8, 4) is 11.5 Å². The van der Waals surface area contributed by atoms with E-state index in [-0.39, 0.29) is 5.75 Å². The predicted molar refractivity (Wildman–Crippen MR) is 99.0 cm³/mol. The van der Waals surface area contributed by atoms with E-state index in [9.17, 15) is 5.11 Å². The van der Waals surface area contributed by atoms with Crippen molar-refractivity contribution in [2.75, 3.05) is 0 Å². The van der Waals surface area contributed by atoms with Gasteiger partial charge in [0.1, 0.15) is 11.5 Å². The molecule has 0 atom stereocenters. The van der Waals surface area contributed by atoms with Crippen LogP contribution in [0.25, 0.3) is 0 Å². The molecule has 2 aromatic carbocycles. The first-order valence-corrected chi connectivity index (χ1v) is 8.49. The number of halogens is 2. The molecule has 0 aliphatic carbocycles. The van der Waals surface area contributed by atoms with E-state index in [0.717, 1.165) is 34.6 Å². The highest BCUT2D eigenvalue weighted by molar-refractivity contribution is 6.31. The summed E-state index contributed by atoms with van der Waals surface area (Å²) in [5, 5.41) is 20.1. The minimum Gasteiger partial charge on any atom is -0.508 e. The lowest BCUT2D eigenvalue weighted by molar-refractivity contribution is 0.457. The number of hydrogen-bond donors (Lipinski definition) is 2. The largest absolute Gasteiger partial charge is 0.508 e. The summed E-state index contributed by atoms with van der Waals surface area (Å²) < 4.78 is 0. The standard InChI is InChI=1S/C12H17ClO.C7H7ClO/c1-4-9(5-2)10-7-11(13)8(3)6-12(10)14;1-5-4-6(9)2-3-7(5)8/h6-7,9,14H,4-5H2,1-3H3;2-4,9H,1H3.